The molecule has 0 atom stereocenters. The molecule has 6 heteroatoms. The van der Waals surface area contributed by atoms with E-state index in [1.165, 1.54) is 18.2 Å². The largest absolute Gasteiger partial charge is 0.382 e. The second kappa shape index (κ2) is 4.23. The van der Waals surface area contributed by atoms with Crippen molar-refractivity contribution >= 4 is 29.0 Å². The van der Waals surface area contributed by atoms with Gasteiger partial charge in [0.05, 0.1) is 0 Å². The van der Waals surface area contributed by atoms with Crippen LogP contribution in [-0.4, -0.2) is 10.2 Å². The van der Waals surface area contributed by atoms with Crippen molar-refractivity contribution in [2.45, 2.75) is 0 Å². The Morgan fingerprint density at radius 3 is 2.50 bits per heavy atom. The zero-order valence-electron chi connectivity index (χ0n) is 7.92. The molecule has 16 heavy (non-hydrogen) atoms. The average Bonchev–Trinajstić information content (AvgIpc) is 2.22. The van der Waals surface area contributed by atoms with Gasteiger partial charge in [-0.2, -0.15) is 0 Å². The summed E-state index contributed by atoms with van der Waals surface area (Å²) in [6, 6.07) is 5.73. The molecule has 3 nitrogen and oxygen atoms in total. The molecule has 2 aromatic rings. The second-order valence-electron chi connectivity index (χ2n) is 3.09. The van der Waals surface area contributed by atoms with E-state index in [1.54, 1.807) is 6.07 Å². The molecule has 0 bridgehead atoms. The van der Waals surface area contributed by atoms with Crippen LogP contribution in [0.25, 0.3) is 11.1 Å². The van der Waals surface area contributed by atoms with E-state index in [4.69, 9.17) is 28.9 Å². The van der Waals surface area contributed by atoms with Crippen LogP contribution >= 0.6 is 23.2 Å². The Balaban J connectivity index is 2.62. The van der Waals surface area contributed by atoms with Gasteiger partial charge in [-0.3, -0.25) is 0 Å². The Morgan fingerprint density at radius 1 is 1.06 bits per heavy atom. The summed E-state index contributed by atoms with van der Waals surface area (Å²) in [5.74, 6) is -0.367. The predicted molar refractivity (Wildman–Crippen MR) is 61.9 cm³/mol. The van der Waals surface area contributed by atoms with Gasteiger partial charge in [-0.05, 0) is 24.3 Å². The lowest BCUT2D eigenvalue weighted by Crippen LogP contribution is -1.98. The van der Waals surface area contributed by atoms with Gasteiger partial charge in [0.2, 0.25) is 0 Å². The number of hydrogen-bond donors (Lipinski definition) is 1. The molecule has 0 saturated carbocycles. The van der Waals surface area contributed by atoms with Crippen molar-refractivity contribution in [2.75, 3.05) is 5.73 Å². The molecule has 0 saturated heterocycles. The zero-order chi connectivity index (χ0) is 11.7. The van der Waals surface area contributed by atoms with E-state index < -0.39 is 5.82 Å². The first-order valence-electron chi connectivity index (χ1n) is 4.32. The number of anilines is 1. The minimum absolute atomic E-state index is 0.116. The van der Waals surface area contributed by atoms with Crippen molar-refractivity contribution in [3.63, 3.8) is 0 Å². The fraction of sp³-hybridized carbons (Fsp3) is 0. The molecule has 0 amide bonds. The highest BCUT2D eigenvalue weighted by atomic mass is 35.5. The van der Waals surface area contributed by atoms with E-state index in [-0.39, 0.29) is 11.0 Å². The fourth-order valence-corrected chi connectivity index (χ4v) is 1.61. The maximum absolute atomic E-state index is 13.6. The number of nitrogens with two attached hydrogens (primary N) is 1. The third-order valence-electron chi connectivity index (χ3n) is 2.01. The number of hydrogen-bond acceptors (Lipinski definition) is 3. The minimum atomic E-state index is -0.483. The smallest absolute Gasteiger partial charge is 0.154 e. The number of benzene rings is 1. The Morgan fingerprint density at radius 2 is 1.81 bits per heavy atom. The summed E-state index contributed by atoms with van der Waals surface area (Å²) in [7, 11) is 0. The van der Waals surface area contributed by atoms with Crippen LogP contribution in [-0.2, 0) is 0 Å². The van der Waals surface area contributed by atoms with Crippen LogP contribution < -0.4 is 5.73 Å². The zero-order valence-corrected chi connectivity index (χ0v) is 9.43. The maximum Gasteiger partial charge on any atom is 0.154 e. The summed E-state index contributed by atoms with van der Waals surface area (Å²) in [5.41, 5.74) is 6.28. The lowest BCUT2D eigenvalue weighted by molar-refractivity contribution is 0.631. The summed E-state index contributed by atoms with van der Waals surface area (Å²) in [6.45, 7) is 0. The van der Waals surface area contributed by atoms with Crippen molar-refractivity contribution in [1.82, 2.24) is 10.2 Å². The van der Waals surface area contributed by atoms with E-state index >= 15 is 0 Å². The van der Waals surface area contributed by atoms with Crippen LogP contribution in [0.15, 0.2) is 24.3 Å². The number of nitrogen functional groups attached to an aromatic ring is 1. The van der Waals surface area contributed by atoms with Gasteiger partial charge in [0.1, 0.15) is 5.82 Å². The van der Waals surface area contributed by atoms with Crippen LogP contribution in [0.5, 0.6) is 0 Å². The monoisotopic (exact) mass is 257 g/mol. The maximum atomic E-state index is 13.6. The fourth-order valence-electron chi connectivity index (χ4n) is 1.30. The molecule has 1 heterocycles. The summed E-state index contributed by atoms with van der Waals surface area (Å²) < 4.78 is 13.6. The van der Waals surface area contributed by atoms with Crippen molar-refractivity contribution in [2.24, 2.45) is 0 Å². The molecular weight excluding hydrogens is 252 g/mol. The molecule has 2 rings (SSSR count). The molecule has 0 aliphatic rings. The van der Waals surface area contributed by atoms with E-state index in [1.807, 2.05) is 0 Å². The molecule has 0 fully saturated rings. The molecule has 1 aromatic carbocycles. The van der Waals surface area contributed by atoms with E-state index in [2.05, 4.69) is 10.2 Å². The van der Waals surface area contributed by atoms with Crippen molar-refractivity contribution in [3.8, 4) is 11.1 Å². The highest BCUT2D eigenvalue weighted by Crippen LogP contribution is 2.29. The van der Waals surface area contributed by atoms with Crippen molar-refractivity contribution in [3.05, 3.63) is 40.3 Å². The van der Waals surface area contributed by atoms with E-state index in [9.17, 15) is 4.39 Å². The molecule has 82 valence electrons. The average molecular weight is 258 g/mol. The van der Waals surface area contributed by atoms with Crippen LogP contribution in [0.2, 0.25) is 10.2 Å². The molecule has 0 aliphatic heterocycles. The highest BCUT2D eigenvalue weighted by Gasteiger charge is 2.11. The predicted octanol–water partition coefficient (Wildman–Crippen LogP) is 3.17. The molecular formula is C10H6Cl2FN3. The SMILES string of the molecule is Nc1nnc(Cl)cc1-c1ccc(Cl)cc1F. The lowest BCUT2D eigenvalue weighted by Gasteiger charge is -2.06. The first-order valence-corrected chi connectivity index (χ1v) is 5.07. The van der Waals surface area contributed by atoms with Gasteiger partial charge in [-0.15, -0.1) is 10.2 Å². The van der Waals surface area contributed by atoms with E-state index in [0.717, 1.165) is 0 Å². The topological polar surface area (TPSA) is 51.8 Å². The standard InChI is InChI=1S/C10H6Cl2FN3/c11-5-1-2-6(8(13)3-5)7-4-9(12)15-16-10(7)14/h1-4H,(H2,14,16). The van der Waals surface area contributed by atoms with Crippen molar-refractivity contribution in [1.29, 1.82) is 0 Å². The Labute approximate surface area is 101 Å². The quantitative estimate of drug-likeness (QED) is 0.854. The van der Waals surface area contributed by atoms with Gasteiger partial charge in [-0.25, -0.2) is 4.39 Å². The summed E-state index contributed by atoms with van der Waals surface area (Å²) in [6.07, 6.45) is 0. The number of aromatic nitrogens is 2. The van der Waals surface area contributed by atoms with Gasteiger partial charge in [0.25, 0.3) is 0 Å². The summed E-state index contributed by atoms with van der Waals surface area (Å²) in [5, 5.41) is 7.63. The van der Waals surface area contributed by atoms with Gasteiger partial charge >= 0.3 is 0 Å². The molecule has 1 aromatic heterocycles. The Kier molecular flexibility index (Phi) is 2.94. The summed E-state index contributed by atoms with van der Waals surface area (Å²) in [4.78, 5) is 0. The first kappa shape index (κ1) is 11.1. The van der Waals surface area contributed by atoms with E-state index in [0.29, 0.717) is 16.1 Å². The number of halogens is 3. The van der Waals surface area contributed by atoms with Gasteiger partial charge < -0.3 is 5.73 Å². The van der Waals surface area contributed by atoms with Crippen LogP contribution in [0.3, 0.4) is 0 Å². The highest BCUT2D eigenvalue weighted by molar-refractivity contribution is 6.30. The molecule has 2 N–H and O–H groups in total. The van der Waals surface area contributed by atoms with Crippen molar-refractivity contribution < 1.29 is 4.39 Å². The van der Waals surface area contributed by atoms with Gasteiger partial charge in [0, 0.05) is 16.1 Å². The van der Waals surface area contributed by atoms with Crippen LogP contribution in [0.4, 0.5) is 10.2 Å². The second-order valence-corrected chi connectivity index (χ2v) is 3.91. The van der Waals surface area contributed by atoms with Gasteiger partial charge in [-0.1, -0.05) is 23.2 Å². The summed E-state index contributed by atoms with van der Waals surface area (Å²) >= 11 is 11.3. The van der Waals surface area contributed by atoms with Gasteiger partial charge in [0.15, 0.2) is 11.0 Å². The lowest BCUT2D eigenvalue weighted by atomic mass is 10.1. The minimum Gasteiger partial charge on any atom is -0.382 e. The normalized spacial score (nSPS) is 10.4. The third-order valence-corrected chi connectivity index (χ3v) is 2.43. The Hall–Kier alpha value is -1.39. The molecule has 0 unspecified atom stereocenters. The molecule has 0 aliphatic carbocycles. The van der Waals surface area contributed by atoms with Crippen LogP contribution in [0.1, 0.15) is 0 Å². The number of rotatable bonds is 1. The molecule has 0 radical (unpaired) electrons. The first-order chi connectivity index (χ1) is 7.58. The third kappa shape index (κ3) is 2.08. The molecule has 0 spiro atoms. The van der Waals surface area contributed by atoms with Crippen LogP contribution in [0, 0.1) is 5.82 Å². The number of nitrogens with zero attached hydrogens (tertiary/aromatic N) is 2. The Bertz CT molecular complexity index is 546.